The third-order valence-electron chi connectivity index (χ3n) is 3.37. The summed E-state index contributed by atoms with van der Waals surface area (Å²) >= 11 is 0. The van der Waals surface area contributed by atoms with Gasteiger partial charge >= 0.3 is 0 Å². The van der Waals surface area contributed by atoms with Crippen LogP contribution in [0, 0.1) is 0 Å². The van der Waals surface area contributed by atoms with Crippen molar-refractivity contribution in [1.29, 1.82) is 0 Å². The van der Waals surface area contributed by atoms with Crippen molar-refractivity contribution in [3.05, 3.63) is 29.3 Å². The van der Waals surface area contributed by atoms with Crippen LogP contribution in [0.1, 0.15) is 25.0 Å². The molecule has 0 saturated carbocycles. The molecule has 1 heterocycles. The maximum atomic E-state index is 11.3. The van der Waals surface area contributed by atoms with Crippen LogP contribution in [0.3, 0.4) is 0 Å². The van der Waals surface area contributed by atoms with Crippen LogP contribution in [0.15, 0.2) is 18.2 Å². The minimum absolute atomic E-state index is 0.487. The summed E-state index contributed by atoms with van der Waals surface area (Å²) in [5, 5.41) is 3.31. The first-order valence-electron chi connectivity index (χ1n) is 7.19. The van der Waals surface area contributed by atoms with Gasteiger partial charge in [-0.15, -0.1) is 0 Å². The Balaban J connectivity index is 1.77. The summed E-state index contributed by atoms with van der Waals surface area (Å²) in [4.78, 5) is 0. The van der Waals surface area contributed by atoms with Gasteiger partial charge in [-0.05, 0) is 44.0 Å². The molecule has 1 aliphatic heterocycles. The van der Waals surface area contributed by atoms with Crippen molar-refractivity contribution < 1.29 is 13.2 Å². The fourth-order valence-electron chi connectivity index (χ4n) is 2.57. The zero-order valence-electron chi connectivity index (χ0n) is 12.9. The van der Waals surface area contributed by atoms with Crippen LogP contribution >= 0.6 is 0 Å². The van der Waals surface area contributed by atoms with Gasteiger partial charge in [-0.3, -0.25) is 0 Å². The smallest absolute Gasteiger partial charge is 0.209 e. The zero-order chi connectivity index (χ0) is 15.5. The minimum Gasteiger partial charge on any atom is -0.493 e. The van der Waals surface area contributed by atoms with Crippen LogP contribution in [-0.4, -0.2) is 39.9 Å². The third-order valence-corrected chi connectivity index (χ3v) is 4.30. The quantitative estimate of drug-likeness (QED) is 0.740. The van der Waals surface area contributed by atoms with Crippen LogP contribution in [0.5, 0.6) is 5.75 Å². The largest absolute Gasteiger partial charge is 0.493 e. The van der Waals surface area contributed by atoms with E-state index in [1.165, 1.54) is 17.4 Å². The molecular formula is C15H24N2O3S. The lowest BCUT2D eigenvalue weighted by atomic mass is 10.1. The van der Waals surface area contributed by atoms with Crippen LogP contribution < -0.4 is 14.8 Å². The number of ether oxygens (including phenoxy) is 1. The lowest BCUT2D eigenvalue weighted by Gasteiger charge is -2.25. The van der Waals surface area contributed by atoms with E-state index < -0.39 is 15.6 Å². The van der Waals surface area contributed by atoms with Crippen molar-refractivity contribution >= 4 is 10.0 Å². The third kappa shape index (κ3) is 5.30. The Bertz CT molecular complexity index is 597. The maximum Gasteiger partial charge on any atom is 0.209 e. The van der Waals surface area contributed by atoms with E-state index in [0.29, 0.717) is 6.54 Å². The molecule has 0 atom stereocenters. The van der Waals surface area contributed by atoms with Gasteiger partial charge in [-0.25, -0.2) is 13.1 Å². The van der Waals surface area contributed by atoms with Crippen LogP contribution in [-0.2, 0) is 22.9 Å². The first-order chi connectivity index (χ1) is 9.75. The van der Waals surface area contributed by atoms with Gasteiger partial charge in [0.05, 0.1) is 12.9 Å². The van der Waals surface area contributed by atoms with E-state index in [-0.39, 0.29) is 0 Å². The first-order valence-corrected chi connectivity index (χ1v) is 9.09. The topological polar surface area (TPSA) is 67.4 Å². The van der Waals surface area contributed by atoms with E-state index >= 15 is 0 Å². The summed E-state index contributed by atoms with van der Waals surface area (Å²) in [5.41, 5.74) is 2.08. The SMILES string of the molecule is CC(C)(CNCCc1ccc2c(c1)CCO2)NS(C)(=O)=O. The van der Waals surface area contributed by atoms with Gasteiger partial charge in [-0.1, -0.05) is 12.1 Å². The molecule has 1 aromatic rings. The molecule has 0 fully saturated rings. The average Bonchev–Trinajstić information content (AvgIpc) is 2.79. The Morgan fingerprint density at radius 2 is 2.10 bits per heavy atom. The van der Waals surface area contributed by atoms with Crippen molar-refractivity contribution in [1.82, 2.24) is 10.0 Å². The molecular weight excluding hydrogens is 288 g/mol. The number of rotatable bonds is 7. The molecule has 118 valence electrons. The van der Waals surface area contributed by atoms with Crippen LogP contribution in [0.2, 0.25) is 0 Å². The average molecular weight is 312 g/mol. The lowest BCUT2D eigenvalue weighted by Crippen LogP contribution is -2.50. The Labute approximate surface area is 127 Å². The molecule has 0 radical (unpaired) electrons. The molecule has 5 nitrogen and oxygen atoms in total. The second-order valence-electron chi connectivity index (χ2n) is 6.23. The summed E-state index contributed by atoms with van der Waals surface area (Å²) in [6.07, 6.45) is 3.09. The number of sulfonamides is 1. The highest BCUT2D eigenvalue weighted by Crippen LogP contribution is 2.25. The van der Waals surface area contributed by atoms with E-state index in [1.54, 1.807) is 0 Å². The van der Waals surface area contributed by atoms with Gasteiger partial charge in [0.15, 0.2) is 0 Å². The predicted molar refractivity (Wildman–Crippen MR) is 84.3 cm³/mol. The molecule has 0 aliphatic carbocycles. The molecule has 6 heteroatoms. The number of hydrogen-bond acceptors (Lipinski definition) is 4. The number of benzene rings is 1. The summed E-state index contributed by atoms with van der Waals surface area (Å²) in [6, 6.07) is 6.32. The molecule has 0 unspecified atom stereocenters. The van der Waals surface area contributed by atoms with Gasteiger partial charge in [0.1, 0.15) is 5.75 Å². The van der Waals surface area contributed by atoms with Gasteiger partial charge < -0.3 is 10.1 Å². The lowest BCUT2D eigenvalue weighted by molar-refractivity contribution is 0.357. The minimum atomic E-state index is -3.18. The van der Waals surface area contributed by atoms with E-state index in [4.69, 9.17) is 4.74 Å². The zero-order valence-corrected chi connectivity index (χ0v) is 13.7. The second-order valence-corrected chi connectivity index (χ2v) is 7.97. The molecule has 0 amide bonds. The highest BCUT2D eigenvalue weighted by Gasteiger charge is 2.21. The molecule has 1 aromatic carbocycles. The number of nitrogens with one attached hydrogen (secondary N) is 2. The number of hydrogen-bond donors (Lipinski definition) is 2. The van der Waals surface area contributed by atoms with E-state index in [9.17, 15) is 8.42 Å². The Kier molecular flexibility index (Phi) is 4.91. The van der Waals surface area contributed by atoms with Crippen molar-refractivity contribution in [2.45, 2.75) is 32.2 Å². The fraction of sp³-hybridized carbons (Fsp3) is 0.600. The normalized spacial score (nSPS) is 14.8. The van der Waals surface area contributed by atoms with Gasteiger partial charge in [0, 0.05) is 18.5 Å². The highest BCUT2D eigenvalue weighted by atomic mass is 32.2. The summed E-state index contributed by atoms with van der Waals surface area (Å²) in [7, 11) is -3.18. The molecule has 1 aliphatic rings. The summed E-state index contributed by atoms with van der Waals surface area (Å²) in [5.74, 6) is 1.00. The van der Waals surface area contributed by atoms with Crippen molar-refractivity contribution in [2.24, 2.45) is 0 Å². The standard InChI is InChI=1S/C15H24N2O3S/c1-15(2,17-21(3,18)19)11-16-8-6-12-4-5-14-13(10-12)7-9-20-14/h4-5,10,16-17H,6-9,11H2,1-3H3. The summed E-state index contributed by atoms with van der Waals surface area (Å²) < 4.78 is 30.6. The van der Waals surface area contributed by atoms with Crippen molar-refractivity contribution in [3.8, 4) is 5.75 Å². The van der Waals surface area contributed by atoms with E-state index in [0.717, 1.165) is 31.7 Å². The monoisotopic (exact) mass is 312 g/mol. The Morgan fingerprint density at radius 1 is 1.33 bits per heavy atom. The summed E-state index contributed by atoms with van der Waals surface area (Å²) in [6.45, 7) is 5.92. The molecule has 2 N–H and O–H groups in total. The first kappa shape index (κ1) is 16.3. The molecule has 2 rings (SSSR count). The van der Waals surface area contributed by atoms with Crippen molar-refractivity contribution in [3.63, 3.8) is 0 Å². The molecule has 21 heavy (non-hydrogen) atoms. The Hall–Kier alpha value is -1.11. The van der Waals surface area contributed by atoms with Gasteiger partial charge in [-0.2, -0.15) is 0 Å². The fourth-order valence-corrected chi connectivity index (χ4v) is 3.64. The highest BCUT2D eigenvalue weighted by molar-refractivity contribution is 7.88. The van der Waals surface area contributed by atoms with E-state index in [2.05, 4.69) is 22.2 Å². The molecule has 0 aromatic heterocycles. The molecule has 0 bridgehead atoms. The second kappa shape index (κ2) is 6.34. The van der Waals surface area contributed by atoms with E-state index in [1.807, 2.05) is 19.9 Å². The van der Waals surface area contributed by atoms with Gasteiger partial charge in [0.25, 0.3) is 0 Å². The van der Waals surface area contributed by atoms with Gasteiger partial charge in [0.2, 0.25) is 10.0 Å². The molecule has 0 spiro atoms. The van der Waals surface area contributed by atoms with Crippen molar-refractivity contribution in [2.75, 3.05) is 26.0 Å². The molecule has 0 saturated heterocycles. The Morgan fingerprint density at radius 3 is 2.81 bits per heavy atom. The maximum absolute atomic E-state index is 11.3. The van der Waals surface area contributed by atoms with Crippen LogP contribution in [0.4, 0.5) is 0 Å². The van der Waals surface area contributed by atoms with Crippen LogP contribution in [0.25, 0.3) is 0 Å². The number of fused-ring (bicyclic) bond motifs is 1. The predicted octanol–water partition coefficient (Wildman–Crippen LogP) is 1.08.